The second-order valence-electron chi connectivity index (χ2n) is 8.57. The predicted octanol–water partition coefficient (Wildman–Crippen LogP) is 6.28. The van der Waals surface area contributed by atoms with Gasteiger partial charge in [-0.05, 0) is 29.0 Å². The van der Waals surface area contributed by atoms with E-state index in [1.54, 1.807) is 0 Å². The van der Waals surface area contributed by atoms with Crippen molar-refractivity contribution in [1.82, 2.24) is 14.8 Å². The molecule has 0 radical (unpaired) electrons. The molecule has 190 valence electrons. The topological polar surface area (TPSA) is 88.2 Å². The van der Waals surface area contributed by atoms with Crippen molar-refractivity contribution in [3.8, 4) is 0 Å². The van der Waals surface area contributed by atoms with E-state index >= 15 is 0 Å². The zero-order chi connectivity index (χ0) is 26.0. The van der Waals surface area contributed by atoms with Crippen LogP contribution in [0.4, 0.5) is 0 Å². The Hall–Kier alpha value is -2.70. The third-order valence-electron chi connectivity index (χ3n) is 6.44. The van der Waals surface area contributed by atoms with Crippen molar-refractivity contribution in [2.24, 2.45) is 5.92 Å². The van der Waals surface area contributed by atoms with Gasteiger partial charge in [0.1, 0.15) is 11.9 Å². The molecule has 0 aliphatic carbocycles. The second-order valence-corrected chi connectivity index (χ2v) is 9.76. The van der Waals surface area contributed by atoms with E-state index in [1.807, 2.05) is 11.0 Å². The molecule has 6 nitrogen and oxygen atoms in total. The summed E-state index contributed by atoms with van der Waals surface area (Å²) >= 11 is 4.90. The predicted molar refractivity (Wildman–Crippen MR) is 148 cm³/mol. The Morgan fingerprint density at radius 2 is 1.22 bits per heavy atom. The summed E-state index contributed by atoms with van der Waals surface area (Å²) in [7, 11) is -3.13. The van der Waals surface area contributed by atoms with Crippen molar-refractivity contribution in [3.05, 3.63) is 120 Å². The number of nitrogens with zero attached hydrogens (tertiary/aromatic N) is 3. The standard InChI is InChI=1S/C28H31N3S.H3O3P/c1-3-22(4-2)20-26(32)27-29-21-31(30-27)28(23-14-8-5-9-15-23,24-16-10-6-11-17-24)25-18-12-7-13-19-25;1-4(2)3/h5-19,21-22,26,32H,3-4,20H2,1-2H3;4H,(H2,1,2,3). The average Bonchev–Trinajstić information content (AvgIpc) is 3.40. The van der Waals surface area contributed by atoms with Crippen molar-refractivity contribution >= 4 is 20.9 Å². The van der Waals surface area contributed by atoms with Crippen molar-refractivity contribution in [2.45, 2.75) is 43.9 Å². The van der Waals surface area contributed by atoms with Gasteiger partial charge in [-0.2, -0.15) is 17.7 Å². The fourth-order valence-corrected chi connectivity index (χ4v) is 4.98. The van der Waals surface area contributed by atoms with Crippen molar-refractivity contribution in [3.63, 3.8) is 0 Å². The van der Waals surface area contributed by atoms with Crippen molar-refractivity contribution in [2.75, 3.05) is 0 Å². The van der Waals surface area contributed by atoms with Crippen LogP contribution in [-0.2, 0) is 10.1 Å². The van der Waals surface area contributed by atoms with Gasteiger partial charge >= 0.3 is 8.25 Å². The van der Waals surface area contributed by atoms with Gasteiger partial charge in [0.2, 0.25) is 0 Å². The summed E-state index contributed by atoms with van der Waals surface area (Å²) in [4.78, 5) is 19.1. The molecule has 0 saturated carbocycles. The van der Waals surface area contributed by atoms with Crippen LogP contribution >= 0.6 is 20.9 Å². The molecular formula is C28H34N3O3PS. The summed E-state index contributed by atoms with van der Waals surface area (Å²) in [6.45, 7) is 4.48. The van der Waals surface area contributed by atoms with Crippen LogP contribution in [0.25, 0.3) is 0 Å². The molecule has 4 rings (SSSR count). The van der Waals surface area contributed by atoms with Gasteiger partial charge in [0, 0.05) is 0 Å². The van der Waals surface area contributed by atoms with E-state index in [0.717, 1.165) is 41.8 Å². The normalized spacial score (nSPS) is 12.3. The fourth-order valence-electron chi connectivity index (χ4n) is 4.57. The molecule has 0 aliphatic rings. The molecule has 0 fully saturated rings. The highest BCUT2D eigenvalue weighted by molar-refractivity contribution is 7.80. The molecule has 1 aromatic heterocycles. The molecule has 0 amide bonds. The van der Waals surface area contributed by atoms with E-state index in [2.05, 4.69) is 105 Å². The first-order chi connectivity index (χ1) is 17.4. The highest BCUT2D eigenvalue weighted by Crippen LogP contribution is 2.40. The summed E-state index contributed by atoms with van der Waals surface area (Å²) in [5, 5.41) is 5.08. The summed E-state index contributed by atoms with van der Waals surface area (Å²) in [5.74, 6) is 1.42. The van der Waals surface area contributed by atoms with Gasteiger partial charge in [0.05, 0.1) is 5.25 Å². The minimum absolute atomic E-state index is 0.0150. The number of aromatic nitrogens is 3. The van der Waals surface area contributed by atoms with Gasteiger partial charge in [0.15, 0.2) is 5.82 Å². The van der Waals surface area contributed by atoms with Gasteiger partial charge in [-0.15, -0.1) is 0 Å². The molecule has 0 saturated heterocycles. The Balaban J connectivity index is 0.000000840. The Labute approximate surface area is 219 Å². The molecule has 1 unspecified atom stereocenters. The number of thiol groups is 1. The molecule has 0 spiro atoms. The molecule has 36 heavy (non-hydrogen) atoms. The van der Waals surface area contributed by atoms with E-state index < -0.39 is 13.8 Å². The molecule has 2 N–H and O–H groups in total. The van der Waals surface area contributed by atoms with Crippen LogP contribution < -0.4 is 0 Å². The Morgan fingerprint density at radius 1 is 0.833 bits per heavy atom. The summed E-state index contributed by atoms with van der Waals surface area (Å²) in [6, 6.07) is 31.7. The fraction of sp³-hybridized carbons (Fsp3) is 0.286. The van der Waals surface area contributed by atoms with Crippen LogP contribution in [0.2, 0.25) is 0 Å². The first-order valence-electron chi connectivity index (χ1n) is 12.1. The molecule has 1 heterocycles. The average molecular weight is 524 g/mol. The summed E-state index contributed by atoms with van der Waals surface area (Å²) < 4.78 is 10.8. The van der Waals surface area contributed by atoms with Crippen molar-refractivity contribution in [1.29, 1.82) is 0 Å². The zero-order valence-electron chi connectivity index (χ0n) is 20.6. The number of hydrogen-bond acceptors (Lipinski definition) is 4. The minimum atomic E-state index is -3.13. The Bertz CT molecular complexity index is 1100. The molecular weight excluding hydrogens is 489 g/mol. The maximum absolute atomic E-state index is 8.74. The van der Waals surface area contributed by atoms with Gasteiger partial charge in [-0.25, -0.2) is 9.67 Å². The van der Waals surface area contributed by atoms with Crippen LogP contribution in [0, 0.1) is 5.92 Å². The smallest absolute Gasteiger partial charge is 0.314 e. The lowest BCUT2D eigenvalue weighted by atomic mass is 9.77. The Kier molecular flexibility index (Phi) is 10.5. The molecule has 1 atom stereocenters. The molecule has 4 aromatic rings. The number of hydrogen-bond donors (Lipinski definition) is 3. The van der Waals surface area contributed by atoms with Gasteiger partial charge < -0.3 is 9.79 Å². The van der Waals surface area contributed by atoms with Gasteiger partial charge in [-0.1, -0.05) is 118 Å². The molecule has 0 aliphatic heterocycles. The third kappa shape index (κ3) is 6.54. The van der Waals surface area contributed by atoms with E-state index in [4.69, 9.17) is 37.1 Å². The first kappa shape index (κ1) is 27.9. The lowest BCUT2D eigenvalue weighted by Gasteiger charge is -2.36. The van der Waals surface area contributed by atoms with Crippen LogP contribution in [0.15, 0.2) is 97.3 Å². The highest BCUT2D eigenvalue weighted by Gasteiger charge is 2.39. The minimum Gasteiger partial charge on any atom is -0.326 e. The Morgan fingerprint density at radius 3 is 1.58 bits per heavy atom. The van der Waals surface area contributed by atoms with Crippen LogP contribution in [0.3, 0.4) is 0 Å². The molecule has 0 bridgehead atoms. The number of benzene rings is 3. The molecule has 3 aromatic carbocycles. The number of rotatable bonds is 9. The molecule has 8 heteroatoms. The first-order valence-corrected chi connectivity index (χ1v) is 13.9. The largest absolute Gasteiger partial charge is 0.326 e. The maximum Gasteiger partial charge on any atom is 0.314 e. The quantitative estimate of drug-likeness (QED) is 0.137. The van der Waals surface area contributed by atoms with E-state index in [0.29, 0.717) is 5.92 Å². The van der Waals surface area contributed by atoms with Gasteiger partial charge in [0.25, 0.3) is 0 Å². The van der Waals surface area contributed by atoms with Crippen molar-refractivity contribution < 1.29 is 14.4 Å². The summed E-state index contributed by atoms with van der Waals surface area (Å²) in [5.41, 5.74) is 2.80. The van der Waals surface area contributed by atoms with E-state index in [9.17, 15) is 0 Å². The maximum atomic E-state index is 8.74. The third-order valence-corrected chi connectivity index (χ3v) is 6.88. The van der Waals surface area contributed by atoms with Crippen LogP contribution in [0.5, 0.6) is 0 Å². The van der Waals surface area contributed by atoms with Crippen LogP contribution in [0.1, 0.15) is 60.9 Å². The second kappa shape index (κ2) is 13.6. The summed E-state index contributed by atoms with van der Waals surface area (Å²) in [6.07, 6.45) is 5.15. The van der Waals surface area contributed by atoms with Gasteiger partial charge in [-0.3, -0.25) is 4.57 Å². The SMILES string of the molecule is CCC(CC)CC(S)c1ncn(C(c2ccccc2)(c2ccccc2)c2ccccc2)n1.O=[PH](O)O. The van der Waals surface area contributed by atoms with E-state index in [-0.39, 0.29) is 5.25 Å². The zero-order valence-corrected chi connectivity index (χ0v) is 22.5. The lowest BCUT2D eigenvalue weighted by Crippen LogP contribution is -2.38. The highest BCUT2D eigenvalue weighted by atomic mass is 32.1. The van der Waals surface area contributed by atoms with E-state index in [1.165, 1.54) is 0 Å². The lowest BCUT2D eigenvalue weighted by molar-refractivity contribution is 0.405. The van der Waals surface area contributed by atoms with Crippen LogP contribution in [-0.4, -0.2) is 24.6 Å². The monoisotopic (exact) mass is 523 g/mol.